The van der Waals surface area contributed by atoms with Crippen LogP contribution in [0.25, 0.3) is 0 Å². The molecule has 1 N–H and O–H groups in total. The molecule has 0 saturated heterocycles. The van der Waals surface area contributed by atoms with Crippen molar-refractivity contribution in [1.82, 2.24) is 24.5 Å². The third kappa shape index (κ3) is 5.42. The summed E-state index contributed by atoms with van der Waals surface area (Å²) in [5, 5.41) is 11.7. The average Bonchev–Trinajstić information content (AvgIpc) is 3.04. The summed E-state index contributed by atoms with van der Waals surface area (Å²) in [6, 6.07) is 1.91. The lowest BCUT2D eigenvalue weighted by molar-refractivity contribution is -0.117. The first-order valence-corrected chi connectivity index (χ1v) is 8.76. The van der Waals surface area contributed by atoms with E-state index in [0.717, 1.165) is 30.0 Å². The number of nitrogens with zero attached hydrogens (tertiary/aromatic N) is 5. The van der Waals surface area contributed by atoms with Crippen molar-refractivity contribution in [2.24, 2.45) is 7.05 Å². The van der Waals surface area contributed by atoms with Crippen LogP contribution in [0, 0.1) is 6.92 Å². The molecular formula is C18H30N6O. The van der Waals surface area contributed by atoms with E-state index in [4.69, 9.17) is 0 Å². The van der Waals surface area contributed by atoms with Gasteiger partial charge in [-0.1, -0.05) is 6.92 Å². The third-order valence-electron chi connectivity index (χ3n) is 3.81. The topological polar surface area (TPSA) is 68.0 Å². The van der Waals surface area contributed by atoms with E-state index >= 15 is 0 Å². The van der Waals surface area contributed by atoms with Gasteiger partial charge in [-0.2, -0.15) is 10.2 Å². The van der Waals surface area contributed by atoms with Gasteiger partial charge >= 0.3 is 0 Å². The third-order valence-corrected chi connectivity index (χ3v) is 3.81. The van der Waals surface area contributed by atoms with Crippen LogP contribution in [0.3, 0.4) is 0 Å². The Kier molecular flexibility index (Phi) is 6.00. The van der Waals surface area contributed by atoms with Gasteiger partial charge in [-0.15, -0.1) is 0 Å². The number of hydrogen-bond acceptors (Lipinski definition) is 4. The highest BCUT2D eigenvalue weighted by molar-refractivity contribution is 5.91. The number of aryl methyl sites for hydroxylation is 2. The Morgan fingerprint density at radius 2 is 2.08 bits per heavy atom. The van der Waals surface area contributed by atoms with Gasteiger partial charge in [0.1, 0.15) is 5.82 Å². The fourth-order valence-corrected chi connectivity index (χ4v) is 2.83. The quantitative estimate of drug-likeness (QED) is 0.836. The van der Waals surface area contributed by atoms with E-state index in [2.05, 4.69) is 48.1 Å². The Morgan fingerprint density at radius 1 is 1.36 bits per heavy atom. The summed E-state index contributed by atoms with van der Waals surface area (Å²) >= 11 is 0. The second kappa shape index (κ2) is 7.82. The van der Waals surface area contributed by atoms with Crippen LogP contribution in [0.5, 0.6) is 0 Å². The first-order valence-electron chi connectivity index (χ1n) is 8.76. The van der Waals surface area contributed by atoms with Crippen molar-refractivity contribution in [1.29, 1.82) is 0 Å². The molecule has 0 atom stereocenters. The average molecular weight is 346 g/mol. The number of rotatable bonds is 7. The molecule has 0 radical (unpaired) electrons. The van der Waals surface area contributed by atoms with Crippen LogP contribution in [-0.2, 0) is 23.9 Å². The van der Waals surface area contributed by atoms with Crippen molar-refractivity contribution in [2.45, 2.75) is 53.1 Å². The number of aromatic nitrogens is 4. The van der Waals surface area contributed by atoms with Gasteiger partial charge in [0.05, 0.1) is 24.0 Å². The molecular weight excluding hydrogens is 316 g/mol. The predicted molar refractivity (Wildman–Crippen MR) is 99.4 cm³/mol. The van der Waals surface area contributed by atoms with Crippen LogP contribution in [0.4, 0.5) is 5.82 Å². The Bertz CT molecular complexity index is 709. The van der Waals surface area contributed by atoms with Crippen LogP contribution in [0.1, 0.15) is 45.4 Å². The maximum atomic E-state index is 12.6. The summed E-state index contributed by atoms with van der Waals surface area (Å²) in [5.41, 5.74) is 1.82. The molecule has 7 nitrogen and oxygen atoms in total. The second-order valence-corrected chi connectivity index (χ2v) is 7.53. The molecule has 25 heavy (non-hydrogen) atoms. The number of carbonyl (C=O) groups excluding carboxylic acids is 1. The highest BCUT2D eigenvalue weighted by atomic mass is 16.2. The number of hydrogen-bond donors (Lipinski definition) is 1. The summed E-state index contributed by atoms with van der Waals surface area (Å²) in [4.78, 5) is 14.7. The minimum atomic E-state index is -0.185. The van der Waals surface area contributed by atoms with Gasteiger partial charge in [0.15, 0.2) is 0 Å². The number of nitrogens with one attached hydrogen (secondary N) is 1. The first kappa shape index (κ1) is 19.2. The summed E-state index contributed by atoms with van der Waals surface area (Å²) in [6.07, 6.45) is 4.82. The molecule has 0 aliphatic carbocycles. The van der Waals surface area contributed by atoms with Gasteiger partial charge in [0.25, 0.3) is 0 Å². The van der Waals surface area contributed by atoms with Crippen LogP contribution in [0.2, 0.25) is 0 Å². The minimum Gasteiger partial charge on any atom is -0.310 e. The van der Waals surface area contributed by atoms with Gasteiger partial charge in [-0.05, 0) is 40.7 Å². The second-order valence-electron chi connectivity index (χ2n) is 7.53. The highest BCUT2D eigenvalue weighted by Crippen LogP contribution is 2.21. The summed E-state index contributed by atoms with van der Waals surface area (Å²) < 4.78 is 3.65. The Hall–Kier alpha value is -2.15. The van der Waals surface area contributed by atoms with Crippen LogP contribution < -0.4 is 5.32 Å². The molecule has 0 bridgehead atoms. The maximum absolute atomic E-state index is 12.6. The SMILES string of the molecule is CCCN(CC(=O)Nc1cc(C)nn1C(C)(C)C)Cc1cnn(C)c1. The van der Waals surface area contributed by atoms with Crippen molar-refractivity contribution in [3.63, 3.8) is 0 Å². The summed E-state index contributed by atoms with van der Waals surface area (Å²) in [7, 11) is 1.90. The molecule has 138 valence electrons. The zero-order valence-corrected chi connectivity index (χ0v) is 16.2. The highest BCUT2D eigenvalue weighted by Gasteiger charge is 2.20. The van der Waals surface area contributed by atoms with E-state index in [9.17, 15) is 4.79 Å². The lowest BCUT2D eigenvalue weighted by atomic mass is 10.1. The largest absolute Gasteiger partial charge is 0.310 e. The molecule has 2 heterocycles. The summed E-state index contributed by atoms with van der Waals surface area (Å²) in [6.45, 7) is 12.2. The van der Waals surface area contributed by atoms with Crippen molar-refractivity contribution >= 4 is 11.7 Å². The number of amides is 1. The van der Waals surface area contributed by atoms with Crippen molar-refractivity contribution < 1.29 is 4.79 Å². The van der Waals surface area contributed by atoms with Gasteiger partial charge in [-0.25, -0.2) is 4.68 Å². The van der Waals surface area contributed by atoms with Crippen LogP contribution in [-0.4, -0.2) is 43.5 Å². The maximum Gasteiger partial charge on any atom is 0.239 e. The van der Waals surface area contributed by atoms with Crippen LogP contribution >= 0.6 is 0 Å². The van der Waals surface area contributed by atoms with Gasteiger partial charge in [0, 0.05) is 31.4 Å². The zero-order chi connectivity index (χ0) is 18.6. The van der Waals surface area contributed by atoms with E-state index in [-0.39, 0.29) is 11.4 Å². The fraction of sp³-hybridized carbons (Fsp3) is 0.611. The molecule has 2 aromatic heterocycles. The molecule has 0 spiro atoms. The minimum absolute atomic E-state index is 0.0252. The number of anilines is 1. The molecule has 1 amide bonds. The molecule has 0 unspecified atom stereocenters. The normalized spacial score (nSPS) is 12.0. The van der Waals surface area contributed by atoms with Crippen LogP contribution in [0.15, 0.2) is 18.5 Å². The van der Waals surface area contributed by atoms with Gasteiger partial charge in [-0.3, -0.25) is 14.4 Å². The predicted octanol–water partition coefficient (Wildman–Crippen LogP) is 2.53. The van der Waals surface area contributed by atoms with Crippen molar-refractivity contribution in [3.8, 4) is 0 Å². The smallest absolute Gasteiger partial charge is 0.239 e. The number of carbonyl (C=O) groups is 1. The molecule has 7 heteroatoms. The van der Waals surface area contributed by atoms with Crippen molar-refractivity contribution in [2.75, 3.05) is 18.4 Å². The standard InChI is InChI=1S/C18H30N6O/c1-7-8-23(12-15-10-19-22(6)11-15)13-17(25)20-16-9-14(2)21-24(16)18(3,4)5/h9-11H,7-8,12-13H2,1-6H3,(H,20,25). The van der Waals surface area contributed by atoms with E-state index < -0.39 is 0 Å². The zero-order valence-electron chi connectivity index (χ0n) is 16.2. The van der Waals surface area contributed by atoms with E-state index in [1.54, 1.807) is 4.68 Å². The van der Waals surface area contributed by atoms with Crippen molar-refractivity contribution in [3.05, 3.63) is 29.7 Å². The molecule has 2 aromatic rings. The molecule has 0 aromatic carbocycles. The Balaban J connectivity index is 2.04. The van der Waals surface area contributed by atoms with Gasteiger partial charge < -0.3 is 5.32 Å². The van der Waals surface area contributed by atoms with Gasteiger partial charge in [0.2, 0.25) is 5.91 Å². The fourth-order valence-electron chi connectivity index (χ4n) is 2.83. The Morgan fingerprint density at radius 3 is 2.64 bits per heavy atom. The van der Waals surface area contributed by atoms with E-state index in [1.165, 1.54) is 0 Å². The van der Waals surface area contributed by atoms with E-state index in [0.29, 0.717) is 13.1 Å². The molecule has 0 fully saturated rings. The van der Waals surface area contributed by atoms with E-state index in [1.807, 2.05) is 37.1 Å². The molecule has 2 rings (SSSR count). The lowest BCUT2D eigenvalue weighted by Gasteiger charge is -2.24. The monoisotopic (exact) mass is 346 g/mol. The molecule has 0 saturated carbocycles. The summed E-state index contributed by atoms with van der Waals surface area (Å²) in [5.74, 6) is 0.718. The molecule has 0 aliphatic heterocycles. The lowest BCUT2D eigenvalue weighted by Crippen LogP contribution is -2.35. The first-order chi connectivity index (χ1) is 11.7. The Labute approximate surface area is 150 Å². The molecule has 0 aliphatic rings.